The van der Waals surface area contributed by atoms with E-state index in [4.69, 9.17) is 14.2 Å². The van der Waals surface area contributed by atoms with E-state index in [2.05, 4.69) is 20.8 Å². The summed E-state index contributed by atoms with van der Waals surface area (Å²) in [5, 5.41) is 11.2. The molecule has 180 valence electrons. The summed E-state index contributed by atoms with van der Waals surface area (Å²) in [7, 11) is 3.07. The molecule has 34 heavy (non-hydrogen) atoms. The number of likely N-dealkylation sites (tertiary alicyclic amines) is 1. The van der Waals surface area contributed by atoms with Crippen molar-refractivity contribution >= 4 is 33.4 Å². The molecule has 9 heteroatoms. The molecule has 1 N–H and O–H groups in total. The van der Waals surface area contributed by atoms with Gasteiger partial charge in [0.15, 0.2) is 11.5 Å². The van der Waals surface area contributed by atoms with Crippen molar-refractivity contribution in [2.24, 2.45) is 0 Å². The Labute approximate surface area is 206 Å². The second-order valence-corrected chi connectivity index (χ2v) is 8.98. The van der Waals surface area contributed by atoms with Crippen LogP contribution in [0.25, 0.3) is 5.76 Å². The third kappa shape index (κ3) is 4.82. The normalized spacial score (nSPS) is 20.6. The number of ether oxygens (including phenoxy) is 3. The highest BCUT2D eigenvalue weighted by atomic mass is 79.9. The Bertz CT molecular complexity index is 1100. The van der Waals surface area contributed by atoms with Crippen LogP contribution in [0.4, 0.5) is 0 Å². The first-order valence-corrected chi connectivity index (χ1v) is 11.8. The van der Waals surface area contributed by atoms with Gasteiger partial charge in [0.05, 0.1) is 39.0 Å². The van der Waals surface area contributed by atoms with Crippen LogP contribution in [0.1, 0.15) is 17.2 Å². The van der Waals surface area contributed by atoms with Crippen molar-refractivity contribution in [2.75, 3.05) is 53.6 Å². The lowest BCUT2D eigenvalue weighted by atomic mass is 9.95. The van der Waals surface area contributed by atoms with Crippen molar-refractivity contribution in [2.45, 2.75) is 6.04 Å². The first kappa shape index (κ1) is 24.3. The van der Waals surface area contributed by atoms with Crippen LogP contribution in [-0.4, -0.2) is 80.2 Å². The van der Waals surface area contributed by atoms with Crippen molar-refractivity contribution < 1.29 is 28.9 Å². The molecule has 0 radical (unpaired) electrons. The van der Waals surface area contributed by atoms with E-state index < -0.39 is 17.7 Å². The van der Waals surface area contributed by atoms with Gasteiger partial charge in [0.25, 0.3) is 11.7 Å². The average Bonchev–Trinajstić information content (AvgIpc) is 3.12. The van der Waals surface area contributed by atoms with Crippen LogP contribution in [0.2, 0.25) is 0 Å². The lowest BCUT2D eigenvalue weighted by Gasteiger charge is -2.31. The summed E-state index contributed by atoms with van der Waals surface area (Å²) in [5.74, 6) is -0.541. The van der Waals surface area contributed by atoms with Gasteiger partial charge in [-0.3, -0.25) is 14.5 Å². The second kappa shape index (κ2) is 10.6. The lowest BCUT2D eigenvalue weighted by molar-refractivity contribution is -0.140. The number of benzene rings is 2. The summed E-state index contributed by atoms with van der Waals surface area (Å²) in [6.45, 7) is 3.75. The molecule has 2 saturated heterocycles. The zero-order chi connectivity index (χ0) is 24.2. The summed E-state index contributed by atoms with van der Waals surface area (Å²) < 4.78 is 17.0. The monoisotopic (exact) mass is 530 g/mol. The van der Waals surface area contributed by atoms with Gasteiger partial charge >= 0.3 is 0 Å². The number of Topliss-reactive ketones (excluding diaryl/α,β-unsaturated/α-hetero) is 1. The predicted molar refractivity (Wildman–Crippen MR) is 130 cm³/mol. The molecular weight excluding hydrogens is 504 g/mol. The highest BCUT2D eigenvalue weighted by Gasteiger charge is 2.46. The molecule has 0 bridgehead atoms. The minimum Gasteiger partial charge on any atom is -0.507 e. The third-order valence-corrected chi connectivity index (χ3v) is 6.67. The van der Waals surface area contributed by atoms with Crippen LogP contribution in [0, 0.1) is 0 Å². The molecule has 8 nitrogen and oxygen atoms in total. The quantitative estimate of drug-likeness (QED) is 0.334. The molecule has 4 rings (SSSR count). The predicted octanol–water partition coefficient (Wildman–Crippen LogP) is 3.22. The first-order valence-electron chi connectivity index (χ1n) is 11.0. The van der Waals surface area contributed by atoms with Crippen LogP contribution < -0.4 is 9.47 Å². The van der Waals surface area contributed by atoms with Crippen molar-refractivity contribution in [3.63, 3.8) is 0 Å². The van der Waals surface area contributed by atoms with Gasteiger partial charge in [-0.1, -0.05) is 34.1 Å². The van der Waals surface area contributed by atoms with E-state index in [9.17, 15) is 14.7 Å². The molecule has 0 aromatic heterocycles. The molecule has 0 saturated carbocycles. The molecule has 2 aromatic carbocycles. The summed E-state index contributed by atoms with van der Waals surface area (Å²) in [6, 6.07) is 11.4. The Balaban J connectivity index is 1.77. The highest BCUT2D eigenvalue weighted by Crippen LogP contribution is 2.42. The van der Waals surface area contributed by atoms with Crippen LogP contribution in [0.15, 0.2) is 52.5 Å². The number of hydrogen-bond acceptors (Lipinski definition) is 7. The maximum Gasteiger partial charge on any atom is 0.295 e. The minimum atomic E-state index is -0.760. The molecule has 0 unspecified atom stereocenters. The van der Waals surface area contributed by atoms with E-state index in [1.807, 2.05) is 0 Å². The fourth-order valence-electron chi connectivity index (χ4n) is 4.32. The summed E-state index contributed by atoms with van der Waals surface area (Å²) in [6.07, 6.45) is 0. The number of methoxy groups -OCH3 is 2. The van der Waals surface area contributed by atoms with Crippen molar-refractivity contribution in [1.82, 2.24) is 9.80 Å². The van der Waals surface area contributed by atoms with E-state index in [1.165, 1.54) is 12.0 Å². The molecule has 0 spiro atoms. The smallest absolute Gasteiger partial charge is 0.295 e. The zero-order valence-corrected chi connectivity index (χ0v) is 20.7. The van der Waals surface area contributed by atoms with Crippen LogP contribution in [0.3, 0.4) is 0 Å². The van der Waals surface area contributed by atoms with Gasteiger partial charge in [0.1, 0.15) is 5.76 Å². The van der Waals surface area contributed by atoms with Crippen molar-refractivity contribution in [1.29, 1.82) is 0 Å². The Morgan fingerprint density at radius 3 is 2.35 bits per heavy atom. The number of morpholine rings is 1. The maximum absolute atomic E-state index is 13.2. The fraction of sp³-hybridized carbons (Fsp3) is 0.360. The highest BCUT2D eigenvalue weighted by molar-refractivity contribution is 9.10. The van der Waals surface area contributed by atoms with E-state index in [0.717, 1.165) is 17.6 Å². The molecule has 2 heterocycles. The summed E-state index contributed by atoms with van der Waals surface area (Å²) in [4.78, 5) is 30.1. The number of amides is 1. The maximum atomic E-state index is 13.2. The first-order chi connectivity index (χ1) is 16.4. The minimum absolute atomic E-state index is 0.0570. The second-order valence-electron chi connectivity index (χ2n) is 8.07. The van der Waals surface area contributed by atoms with Gasteiger partial charge in [-0.25, -0.2) is 0 Å². The average molecular weight is 531 g/mol. The molecule has 2 aliphatic heterocycles. The SMILES string of the molecule is COc1ccc([C@H]2C(=C(O)c3ccc(Br)cc3)C(=O)C(=O)N2CCN2CCOCC2)cc1OC. The fourth-order valence-corrected chi connectivity index (χ4v) is 4.58. The number of hydrogen-bond donors (Lipinski definition) is 1. The Hall–Kier alpha value is -2.88. The van der Waals surface area contributed by atoms with E-state index in [-0.39, 0.29) is 11.3 Å². The van der Waals surface area contributed by atoms with E-state index >= 15 is 0 Å². The number of nitrogens with zero attached hydrogens (tertiary/aromatic N) is 2. The van der Waals surface area contributed by atoms with Crippen molar-refractivity contribution in [3.05, 3.63) is 63.6 Å². The summed E-state index contributed by atoms with van der Waals surface area (Å²) in [5.41, 5.74) is 1.17. The number of rotatable bonds is 7. The van der Waals surface area contributed by atoms with Gasteiger partial charge in [-0.2, -0.15) is 0 Å². The molecule has 0 aliphatic carbocycles. The van der Waals surface area contributed by atoms with E-state index in [0.29, 0.717) is 48.9 Å². The number of aliphatic hydroxyl groups excluding tert-OH is 1. The number of carbonyl (C=O) groups excluding carboxylic acids is 2. The number of ketones is 1. The molecule has 2 fully saturated rings. The molecule has 2 aromatic rings. The Morgan fingerprint density at radius 1 is 1.03 bits per heavy atom. The molecule has 1 atom stereocenters. The van der Waals surface area contributed by atoms with Crippen LogP contribution in [-0.2, 0) is 14.3 Å². The third-order valence-electron chi connectivity index (χ3n) is 6.14. The van der Waals surface area contributed by atoms with Gasteiger partial charge < -0.3 is 24.2 Å². The summed E-state index contributed by atoms with van der Waals surface area (Å²) >= 11 is 3.38. The van der Waals surface area contributed by atoms with Gasteiger partial charge in [-0.05, 0) is 29.8 Å². The van der Waals surface area contributed by atoms with Gasteiger partial charge in [0.2, 0.25) is 0 Å². The van der Waals surface area contributed by atoms with Crippen LogP contribution in [0.5, 0.6) is 11.5 Å². The molecule has 2 aliphatic rings. The zero-order valence-electron chi connectivity index (χ0n) is 19.1. The Kier molecular flexibility index (Phi) is 7.55. The van der Waals surface area contributed by atoms with Crippen molar-refractivity contribution in [3.8, 4) is 11.5 Å². The lowest BCUT2D eigenvalue weighted by Crippen LogP contribution is -2.42. The largest absolute Gasteiger partial charge is 0.507 e. The number of aliphatic hydroxyl groups is 1. The van der Waals surface area contributed by atoms with E-state index in [1.54, 1.807) is 49.6 Å². The Morgan fingerprint density at radius 2 is 1.71 bits per heavy atom. The van der Waals surface area contributed by atoms with Gasteiger partial charge in [0, 0.05) is 36.2 Å². The standard InChI is InChI=1S/C25H27BrN2O6/c1-32-19-8-5-17(15-20(19)33-2)22-21(23(29)16-3-6-18(26)7-4-16)24(30)25(31)28(22)10-9-27-11-13-34-14-12-27/h3-8,15,22,29H,9-14H2,1-2H3/t22-/m0/s1. The molecule has 1 amide bonds. The number of halogens is 1. The number of carbonyl (C=O) groups is 2. The molecular formula is C25H27BrN2O6. The topological polar surface area (TPSA) is 88.5 Å². The van der Waals surface area contributed by atoms with Crippen LogP contribution >= 0.6 is 15.9 Å². The van der Waals surface area contributed by atoms with Gasteiger partial charge in [-0.15, -0.1) is 0 Å².